The largest absolute Gasteiger partial charge is 0.454 e. The molecule has 0 saturated carbocycles. The molecule has 3 aromatic rings. The monoisotopic (exact) mass is 437 g/mol. The third-order valence-electron chi connectivity index (χ3n) is 5.78. The molecule has 3 heterocycles. The summed E-state index contributed by atoms with van der Waals surface area (Å²) in [5.74, 6) is 0.320. The van der Waals surface area contributed by atoms with E-state index in [9.17, 15) is 14.9 Å². The van der Waals surface area contributed by atoms with E-state index in [2.05, 4.69) is 15.3 Å². The molecule has 0 spiro atoms. The van der Waals surface area contributed by atoms with E-state index < -0.39 is 4.92 Å². The van der Waals surface area contributed by atoms with Crippen LogP contribution in [0.5, 0.6) is 0 Å². The SMILES string of the molecule is Cc1nn(Cc2ccc(C(=O)Nc3ccc(CN4CCCCC4)cc3)o2)c(C)c1[N+](=O)[O-]. The molecule has 1 amide bonds. The Morgan fingerprint density at radius 3 is 2.47 bits per heavy atom. The van der Waals surface area contributed by atoms with Crippen molar-refractivity contribution in [2.45, 2.75) is 46.2 Å². The molecule has 0 atom stereocenters. The van der Waals surface area contributed by atoms with Gasteiger partial charge in [-0.2, -0.15) is 5.10 Å². The summed E-state index contributed by atoms with van der Waals surface area (Å²) < 4.78 is 7.17. The molecule has 1 aromatic carbocycles. The van der Waals surface area contributed by atoms with Gasteiger partial charge in [0.05, 0.1) is 11.5 Å². The lowest BCUT2D eigenvalue weighted by Crippen LogP contribution is -2.29. The van der Waals surface area contributed by atoms with Crippen molar-refractivity contribution in [3.05, 3.63) is 75.0 Å². The number of nitrogens with one attached hydrogen (secondary N) is 1. The number of carbonyl (C=O) groups excluding carboxylic acids is 1. The van der Waals surface area contributed by atoms with Gasteiger partial charge in [0.25, 0.3) is 5.91 Å². The van der Waals surface area contributed by atoms with Crippen LogP contribution in [0.3, 0.4) is 0 Å². The summed E-state index contributed by atoms with van der Waals surface area (Å²) in [4.78, 5) is 25.8. The van der Waals surface area contributed by atoms with Crippen molar-refractivity contribution in [1.82, 2.24) is 14.7 Å². The Morgan fingerprint density at radius 2 is 1.81 bits per heavy atom. The zero-order valence-corrected chi connectivity index (χ0v) is 18.3. The average molecular weight is 438 g/mol. The van der Waals surface area contributed by atoms with Crippen LogP contribution >= 0.6 is 0 Å². The Kier molecular flexibility index (Phi) is 6.36. The van der Waals surface area contributed by atoms with Crippen molar-refractivity contribution >= 4 is 17.3 Å². The summed E-state index contributed by atoms with van der Waals surface area (Å²) in [5, 5.41) is 18.2. The van der Waals surface area contributed by atoms with Crippen LogP contribution in [0.15, 0.2) is 40.8 Å². The van der Waals surface area contributed by atoms with Gasteiger partial charge in [-0.1, -0.05) is 18.6 Å². The van der Waals surface area contributed by atoms with Gasteiger partial charge >= 0.3 is 5.69 Å². The van der Waals surface area contributed by atoms with Crippen molar-refractivity contribution < 1.29 is 14.1 Å². The van der Waals surface area contributed by atoms with Crippen molar-refractivity contribution in [2.24, 2.45) is 0 Å². The van der Waals surface area contributed by atoms with E-state index in [0.29, 0.717) is 22.8 Å². The van der Waals surface area contributed by atoms with Gasteiger partial charge in [-0.25, -0.2) is 0 Å². The first-order valence-corrected chi connectivity index (χ1v) is 10.8. The van der Waals surface area contributed by atoms with Crippen LogP contribution in [0.4, 0.5) is 11.4 Å². The molecule has 9 nitrogen and oxygen atoms in total. The fourth-order valence-electron chi connectivity index (χ4n) is 4.10. The predicted molar refractivity (Wildman–Crippen MR) is 120 cm³/mol. The van der Waals surface area contributed by atoms with E-state index in [1.165, 1.54) is 29.5 Å². The molecule has 2 aromatic heterocycles. The second-order valence-corrected chi connectivity index (χ2v) is 8.19. The van der Waals surface area contributed by atoms with Gasteiger partial charge in [0.1, 0.15) is 17.1 Å². The third kappa shape index (κ3) is 4.88. The first-order valence-electron chi connectivity index (χ1n) is 10.8. The first-order chi connectivity index (χ1) is 15.4. The van der Waals surface area contributed by atoms with Gasteiger partial charge in [0, 0.05) is 12.2 Å². The Morgan fingerprint density at radius 1 is 1.09 bits per heavy atom. The van der Waals surface area contributed by atoms with Crippen LogP contribution in [0.1, 0.15) is 52.5 Å². The molecule has 1 fully saturated rings. The average Bonchev–Trinajstić information content (AvgIpc) is 3.34. The van der Waals surface area contributed by atoms with Crippen LogP contribution < -0.4 is 5.32 Å². The summed E-state index contributed by atoms with van der Waals surface area (Å²) in [7, 11) is 0. The van der Waals surface area contributed by atoms with Gasteiger partial charge in [0.2, 0.25) is 0 Å². The number of carbonyl (C=O) groups is 1. The highest BCUT2D eigenvalue weighted by molar-refractivity contribution is 6.02. The van der Waals surface area contributed by atoms with Gasteiger partial charge < -0.3 is 9.73 Å². The van der Waals surface area contributed by atoms with Gasteiger partial charge in [-0.3, -0.25) is 24.5 Å². The lowest BCUT2D eigenvalue weighted by atomic mass is 10.1. The van der Waals surface area contributed by atoms with E-state index in [1.54, 1.807) is 26.0 Å². The molecule has 0 bridgehead atoms. The van der Waals surface area contributed by atoms with Crippen molar-refractivity contribution in [1.29, 1.82) is 0 Å². The van der Waals surface area contributed by atoms with E-state index in [0.717, 1.165) is 19.6 Å². The molecule has 1 aliphatic rings. The van der Waals surface area contributed by atoms with Gasteiger partial charge in [-0.05, 0) is 69.6 Å². The van der Waals surface area contributed by atoms with Gasteiger partial charge in [-0.15, -0.1) is 0 Å². The number of hydrogen-bond acceptors (Lipinski definition) is 6. The fourth-order valence-corrected chi connectivity index (χ4v) is 4.10. The highest BCUT2D eigenvalue weighted by atomic mass is 16.6. The second-order valence-electron chi connectivity index (χ2n) is 8.19. The quantitative estimate of drug-likeness (QED) is 0.437. The second kappa shape index (κ2) is 9.35. The summed E-state index contributed by atoms with van der Waals surface area (Å²) >= 11 is 0. The number of furan rings is 1. The molecule has 1 aliphatic heterocycles. The molecule has 9 heteroatoms. The normalized spacial score (nSPS) is 14.4. The number of nitrogens with zero attached hydrogens (tertiary/aromatic N) is 4. The Hall–Kier alpha value is -3.46. The molecule has 32 heavy (non-hydrogen) atoms. The summed E-state index contributed by atoms with van der Waals surface area (Å²) in [5.41, 5.74) is 2.72. The lowest BCUT2D eigenvalue weighted by molar-refractivity contribution is -0.386. The number of amides is 1. The predicted octanol–water partition coefficient (Wildman–Crippen LogP) is 4.29. The number of benzene rings is 1. The first kappa shape index (κ1) is 21.8. The summed E-state index contributed by atoms with van der Waals surface area (Å²) in [6.07, 6.45) is 3.84. The van der Waals surface area contributed by atoms with E-state index in [1.807, 2.05) is 24.3 Å². The standard InChI is InChI=1S/C23H27N5O4/c1-16-22(28(30)31)17(2)27(25-16)15-20-10-11-21(32-20)23(29)24-19-8-6-18(7-9-19)14-26-12-4-3-5-13-26/h6-11H,3-5,12-15H2,1-2H3,(H,24,29). The maximum atomic E-state index is 12.6. The number of aromatic nitrogens is 2. The van der Waals surface area contributed by atoms with E-state index in [4.69, 9.17) is 4.42 Å². The van der Waals surface area contributed by atoms with Gasteiger partial charge in [0.15, 0.2) is 5.76 Å². The number of piperidine rings is 1. The molecule has 4 rings (SSSR count). The zero-order chi connectivity index (χ0) is 22.7. The van der Waals surface area contributed by atoms with Crippen LogP contribution in [-0.2, 0) is 13.1 Å². The summed E-state index contributed by atoms with van der Waals surface area (Å²) in [6, 6.07) is 11.1. The fraction of sp³-hybridized carbons (Fsp3) is 0.391. The highest BCUT2D eigenvalue weighted by Crippen LogP contribution is 2.23. The molecule has 1 saturated heterocycles. The molecule has 0 aliphatic carbocycles. The molecular formula is C23H27N5O4. The molecule has 0 unspecified atom stereocenters. The molecule has 1 N–H and O–H groups in total. The molecule has 0 radical (unpaired) electrons. The smallest absolute Gasteiger partial charge is 0.312 e. The highest BCUT2D eigenvalue weighted by Gasteiger charge is 2.22. The van der Waals surface area contributed by atoms with Crippen LogP contribution in [0.2, 0.25) is 0 Å². The van der Waals surface area contributed by atoms with Crippen molar-refractivity contribution in [2.75, 3.05) is 18.4 Å². The topological polar surface area (TPSA) is 106 Å². The minimum Gasteiger partial charge on any atom is -0.454 e. The Bertz CT molecular complexity index is 1110. The third-order valence-corrected chi connectivity index (χ3v) is 5.78. The number of anilines is 1. The minimum atomic E-state index is -0.438. The van der Waals surface area contributed by atoms with Crippen LogP contribution in [-0.4, -0.2) is 38.6 Å². The van der Waals surface area contributed by atoms with Crippen molar-refractivity contribution in [3.63, 3.8) is 0 Å². The Balaban J connectivity index is 1.36. The number of rotatable bonds is 7. The lowest BCUT2D eigenvalue weighted by Gasteiger charge is -2.26. The number of nitro groups is 1. The zero-order valence-electron chi connectivity index (χ0n) is 18.3. The van der Waals surface area contributed by atoms with Crippen molar-refractivity contribution in [3.8, 4) is 0 Å². The summed E-state index contributed by atoms with van der Waals surface area (Å²) in [6.45, 7) is 6.66. The maximum absolute atomic E-state index is 12.6. The van der Waals surface area contributed by atoms with E-state index in [-0.39, 0.29) is 23.9 Å². The van der Waals surface area contributed by atoms with Crippen LogP contribution in [0, 0.1) is 24.0 Å². The number of hydrogen-bond donors (Lipinski definition) is 1. The maximum Gasteiger partial charge on any atom is 0.312 e. The minimum absolute atomic E-state index is 0.00161. The van der Waals surface area contributed by atoms with Crippen LogP contribution in [0.25, 0.3) is 0 Å². The molecule has 168 valence electrons. The molecular weight excluding hydrogens is 410 g/mol. The number of aryl methyl sites for hydroxylation is 1. The van der Waals surface area contributed by atoms with E-state index >= 15 is 0 Å². The Labute approximate surface area is 186 Å². The number of likely N-dealkylation sites (tertiary alicyclic amines) is 1.